The van der Waals surface area contributed by atoms with E-state index in [0.717, 1.165) is 83.5 Å². The van der Waals surface area contributed by atoms with E-state index in [2.05, 4.69) is 62.5 Å². The van der Waals surface area contributed by atoms with Crippen molar-refractivity contribution in [2.75, 3.05) is 26.4 Å². The highest BCUT2D eigenvalue weighted by Crippen LogP contribution is 2.43. The van der Waals surface area contributed by atoms with Crippen LogP contribution in [0.4, 0.5) is 0 Å². The van der Waals surface area contributed by atoms with Crippen molar-refractivity contribution in [2.45, 2.75) is 174 Å². The van der Waals surface area contributed by atoms with Gasteiger partial charge in [-0.2, -0.15) is 0 Å². The highest BCUT2D eigenvalue weighted by atomic mass is 31.2. The molecule has 2 unspecified atom stereocenters. The number of hydrogen-bond acceptors (Lipinski definition) is 8. The van der Waals surface area contributed by atoms with Crippen LogP contribution in [0.5, 0.6) is 0 Å². The number of rotatable bonds is 37. The van der Waals surface area contributed by atoms with Gasteiger partial charge in [-0.1, -0.05) is 133 Å². The van der Waals surface area contributed by atoms with Gasteiger partial charge in [0.05, 0.1) is 13.2 Å². The van der Waals surface area contributed by atoms with Crippen LogP contribution in [0.2, 0.25) is 0 Å². The molecule has 0 heterocycles. The Morgan fingerprint density at radius 3 is 1.55 bits per heavy atom. The minimum absolute atomic E-state index is 0.0473. The largest absolute Gasteiger partial charge is 0.472 e. The van der Waals surface area contributed by atoms with E-state index in [4.69, 9.17) is 24.3 Å². The molecule has 0 saturated heterocycles. The van der Waals surface area contributed by atoms with Crippen molar-refractivity contribution in [1.82, 2.24) is 0 Å². The molecule has 0 aromatic heterocycles. The fourth-order valence-electron chi connectivity index (χ4n) is 5.15. The van der Waals surface area contributed by atoms with Crippen LogP contribution in [0.3, 0.4) is 0 Å². The summed E-state index contributed by atoms with van der Waals surface area (Å²) in [4.78, 5) is 34.8. The third kappa shape index (κ3) is 37.5. The van der Waals surface area contributed by atoms with Gasteiger partial charge in [-0.25, -0.2) is 4.57 Å². The molecule has 0 aromatic rings. The number of nitrogens with two attached hydrogens (primary N) is 1. The van der Waals surface area contributed by atoms with Gasteiger partial charge in [0.15, 0.2) is 6.10 Å². The molecule has 2 atom stereocenters. The number of phosphoric ester groups is 1. The molecule has 3 N–H and O–H groups in total. The number of phosphoric acid groups is 1. The van der Waals surface area contributed by atoms with E-state index in [1.165, 1.54) is 44.9 Å². The fourth-order valence-corrected chi connectivity index (χ4v) is 5.92. The Bertz CT molecular complexity index is 981. The van der Waals surface area contributed by atoms with Crippen LogP contribution in [-0.2, 0) is 32.7 Å². The Hall–Kier alpha value is -2.03. The monoisotopic (exact) mass is 740 g/mol. The first kappa shape index (κ1) is 49.0. The number of ether oxygens (including phenoxy) is 2. The lowest BCUT2D eigenvalue weighted by atomic mass is 10.1. The molecule has 0 amide bonds. The molecule has 0 bridgehead atoms. The number of esters is 2. The van der Waals surface area contributed by atoms with E-state index in [1.807, 2.05) is 0 Å². The summed E-state index contributed by atoms with van der Waals surface area (Å²) >= 11 is 0. The van der Waals surface area contributed by atoms with Gasteiger partial charge < -0.3 is 20.1 Å². The van der Waals surface area contributed by atoms with Crippen molar-refractivity contribution in [2.24, 2.45) is 5.73 Å². The average molecular weight is 740 g/mol. The molecular weight excluding hydrogens is 665 g/mol. The number of carbonyl (C=O) groups is 2. The number of allylic oxidation sites excluding steroid dienone is 8. The Labute approximate surface area is 311 Å². The Kier molecular flexibility index (Phi) is 36.2. The zero-order valence-corrected chi connectivity index (χ0v) is 33.2. The maximum absolute atomic E-state index is 12.5. The minimum atomic E-state index is -4.38. The molecular formula is C41H74NO8P. The molecule has 0 rings (SSSR count). The first-order valence-electron chi connectivity index (χ1n) is 20.1. The minimum Gasteiger partial charge on any atom is -0.462 e. The Morgan fingerprint density at radius 1 is 0.588 bits per heavy atom. The maximum atomic E-state index is 12.5. The standard InChI is InChI=1S/C41H74NO8P/c1-3-5-7-9-11-13-15-17-19-20-22-24-26-28-30-32-34-41(44)50-39(38-49-51(45,46)48-36-35-42)37-47-40(43)33-31-29-27-25-23-21-18-16-14-12-10-8-6-4-2/h10,12-13,15-16,18-20,39H,3-9,11,14,17,21-38,42H2,1-2H3,(H,45,46)/b12-10-,15-13-,18-16-,20-19-. The van der Waals surface area contributed by atoms with Gasteiger partial charge in [-0.3, -0.25) is 18.6 Å². The molecule has 0 spiro atoms. The molecule has 0 saturated carbocycles. The van der Waals surface area contributed by atoms with Crippen LogP contribution in [0.1, 0.15) is 168 Å². The van der Waals surface area contributed by atoms with Gasteiger partial charge in [-0.15, -0.1) is 0 Å². The van der Waals surface area contributed by atoms with Gasteiger partial charge in [0, 0.05) is 19.4 Å². The predicted molar refractivity (Wildman–Crippen MR) is 210 cm³/mol. The van der Waals surface area contributed by atoms with Crippen molar-refractivity contribution in [3.63, 3.8) is 0 Å². The molecule has 10 heteroatoms. The van der Waals surface area contributed by atoms with Gasteiger partial charge in [0.1, 0.15) is 6.61 Å². The van der Waals surface area contributed by atoms with Crippen molar-refractivity contribution >= 4 is 19.8 Å². The van der Waals surface area contributed by atoms with Crippen LogP contribution in [-0.4, -0.2) is 49.3 Å². The Balaban J connectivity index is 4.25. The first-order chi connectivity index (χ1) is 24.8. The SMILES string of the molecule is CCCC/C=C\C/C=C\CCCCCCCC(=O)OCC(COP(=O)(O)OCCN)OC(=O)CCCCCCC/C=C\C/C=C\CCCCCC. The van der Waals surface area contributed by atoms with Crippen molar-refractivity contribution < 1.29 is 37.6 Å². The van der Waals surface area contributed by atoms with Gasteiger partial charge >= 0.3 is 19.8 Å². The van der Waals surface area contributed by atoms with Gasteiger partial charge in [-0.05, 0) is 70.6 Å². The molecule has 51 heavy (non-hydrogen) atoms. The summed E-state index contributed by atoms with van der Waals surface area (Å²) < 4.78 is 32.7. The molecule has 0 aliphatic carbocycles. The predicted octanol–water partition coefficient (Wildman–Crippen LogP) is 11.2. The zero-order chi connectivity index (χ0) is 37.5. The summed E-state index contributed by atoms with van der Waals surface area (Å²) in [5, 5.41) is 0. The van der Waals surface area contributed by atoms with Gasteiger partial charge in [0.2, 0.25) is 0 Å². The van der Waals surface area contributed by atoms with Crippen LogP contribution < -0.4 is 5.73 Å². The summed E-state index contributed by atoms with van der Waals surface area (Å²) in [7, 11) is -4.38. The van der Waals surface area contributed by atoms with Gasteiger partial charge in [0.25, 0.3) is 0 Å². The third-order valence-corrected chi connectivity index (χ3v) is 9.17. The summed E-state index contributed by atoms with van der Waals surface area (Å²) in [6.07, 6.45) is 41.3. The second-order valence-corrected chi connectivity index (χ2v) is 14.6. The maximum Gasteiger partial charge on any atom is 0.472 e. The highest BCUT2D eigenvalue weighted by molar-refractivity contribution is 7.47. The fraction of sp³-hybridized carbons (Fsp3) is 0.756. The van der Waals surface area contributed by atoms with Crippen molar-refractivity contribution in [3.8, 4) is 0 Å². The van der Waals surface area contributed by atoms with Crippen LogP contribution in [0, 0.1) is 0 Å². The lowest BCUT2D eigenvalue weighted by Crippen LogP contribution is -2.29. The van der Waals surface area contributed by atoms with E-state index in [-0.39, 0.29) is 32.6 Å². The van der Waals surface area contributed by atoms with Crippen LogP contribution >= 0.6 is 7.82 Å². The van der Waals surface area contributed by atoms with Crippen molar-refractivity contribution in [1.29, 1.82) is 0 Å². The lowest BCUT2D eigenvalue weighted by Gasteiger charge is -2.19. The van der Waals surface area contributed by atoms with Crippen LogP contribution in [0.15, 0.2) is 48.6 Å². The van der Waals surface area contributed by atoms with E-state index in [9.17, 15) is 19.0 Å². The van der Waals surface area contributed by atoms with E-state index in [0.29, 0.717) is 12.8 Å². The quantitative estimate of drug-likeness (QED) is 0.0276. The first-order valence-corrected chi connectivity index (χ1v) is 21.6. The van der Waals surface area contributed by atoms with E-state index >= 15 is 0 Å². The summed E-state index contributed by atoms with van der Waals surface area (Å²) in [5.74, 6) is -0.864. The molecule has 0 radical (unpaired) electrons. The number of hydrogen-bond donors (Lipinski definition) is 2. The normalized spacial score (nSPS) is 13.9. The highest BCUT2D eigenvalue weighted by Gasteiger charge is 2.25. The Morgan fingerprint density at radius 2 is 1.04 bits per heavy atom. The zero-order valence-electron chi connectivity index (χ0n) is 32.3. The third-order valence-electron chi connectivity index (χ3n) is 8.19. The molecule has 0 aliphatic heterocycles. The molecule has 9 nitrogen and oxygen atoms in total. The topological polar surface area (TPSA) is 134 Å². The molecule has 0 fully saturated rings. The second kappa shape index (κ2) is 37.7. The molecule has 0 aromatic carbocycles. The smallest absolute Gasteiger partial charge is 0.462 e. The van der Waals surface area contributed by atoms with E-state index < -0.39 is 32.5 Å². The second-order valence-electron chi connectivity index (χ2n) is 13.1. The summed E-state index contributed by atoms with van der Waals surface area (Å²) in [5.41, 5.74) is 5.33. The number of carbonyl (C=O) groups excluding carboxylic acids is 2. The van der Waals surface area contributed by atoms with Crippen molar-refractivity contribution in [3.05, 3.63) is 48.6 Å². The molecule has 296 valence electrons. The summed E-state index contributed by atoms with van der Waals surface area (Å²) in [6.45, 7) is 3.63. The lowest BCUT2D eigenvalue weighted by molar-refractivity contribution is -0.161. The van der Waals surface area contributed by atoms with Crippen LogP contribution in [0.25, 0.3) is 0 Å². The molecule has 0 aliphatic rings. The summed E-state index contributed by atoms with van der Waals surface area (Å²) in [6, 6.07) is 0. The average Bonchev–Trinajstić information content (AvgIpc) is 3.11. The van der Waals surface area contributed by atoms with E-state index in [1.54, 1.807) is 0 Å². The number of unbranched alkanes of at least 4 members (excludes halogenated alkanes) is 16.